The van der Waals surface area contributed by atoms with E-state index in [0.717, 1.165) is 0 Å². The van der Waals surface area contributed by atoms with Crippen LogP contribution in [0.3, 0.4) is 0 Å². The van der Waals surface area contributed by atoms with Crippen LogP contribution in [0.5, 0.6) is 0 Å². The number of methoxy groups -OCH3 is 1. The second-order valence-electron chi connectivity index (χ2n) is 7.47. The van der Waals surface area contributed by atoms with Crippen molar-refractivity contribution in [1.29, 1.82) is 0 Å². The number of rotatable bonds is 2. The molecule has 0 amide bonds. The SMILES string of the molecule is COC(=O)C1CC2N(O1)C(C(=O)OC(C)(C)C)CC2(C)C. The van der Waals surface area contributed by atoms with Crippen LogP contribution in [0.1, 0.15) is 47.5 Å². The first-order valence-corrected chi connectivity index (χ1v) is 7.31. The van der Waals surface area contributed by atoms with Crippen molar-refractivity contribution in [3.05, 3.63) is 0 Å². The van der Waals surface area contributed by atoms with Crippen molar-refractivity contribution < 1.29 is 23.9 Å². The Kier molecular flexibility index (Phi) is 4.06. The zero-order chi connectivity index (χ0) is 16.0. The number of carbonyl (C=O) groups is 2. The average Bonchev–Trinajstić information content (AvgIpc) is 2.86. The highest BCUT2D eigenvalue weighted by molar-refractivity contribution is 5.78. The van der Waals surface area contributed by atoms with Gasteiger partial charge in [0.2, 0.25) is 0 Å². The van der Waals surface area contributed by atoms with Crippen LogP contribution in [0.4, 0.5) is 0 Å². The summed E-state index contributed by atoms with van der Waals surface area (Å²) >= 11 is 0. The van der Waals surface area contributed by atoms with Crippen LogP contribution in [0, 0.1) is 5.41 Å². The molecular weight excluding hydrogens is 274 g/mol. The molecule has 0 aromatic heterocycles. The summed E-state index contributed by atoms with van der Waals surface area (Å²) in [5, 5.41) is 1.65. The number of esters is 2. The van der Waals surface area contributed by atoms with Gasteiger partial charge >= 0.3 is 11.9 Å². The lowest BCUT2D eigenvalue weighted by molar-refractivity contribution is -0.207. The van der Waals surface area contributed by atoms with Gasteiger partial charge in [-0.15, -0.1) is 0 Å². The Balaban J connectivity index is 2.15. The number of carbonyl (C=O) groups excluding carboxylic acids is 2. The fourth-order valence-corrected chi connectivity index (χ4v) is 3.08. The van der Waals surface area contributed by atoms with E-state index in [0.29, 0.717) is 12.8 Å². The van der Waals surface area contributed by atoms with Crippen molar-refractivity contribution in [2.24, 2.45) is 5.41 Å². The Labute approximate surface area is 125 Å². The second-order valence-corrected chi connectivity index (χ2v) is 7.47. The van der Waals surface area contributed by atoms with Crippen LogP contribution in [0.15, 0.2) is 0 Å². The summed E-state index contributed by atoms with van der Waals surface area (Å²) in [7, 11) is 1.34. The maximum atomic E-state index is 12.4. The van der Waals surface area contributed by atoms with Gasteiger partial charge in [-0.3, -0.25) is 9.63 Å². The number of hydrogen-bond acceptors (Lipinski definition) is 6. The van der Waals surface area contributed by atoms with Crippen LogP contribution >= 0.6 is 0 Å². The second kappa shape index (κ2) is 5.25. The summed E-state index contributed by atoms with van der Waals surface area (Å²) in [4.78, 5) is 29.7. The van der Waals surface area contributed by atoms with Crippen LogP contribution < -0.4 is 0 Å². The fraction of sp³-hybridized carbons (Fsp3) is 0.867. The van der Waals surface area contributed by atoms with E-state index in [2.05, 4.69) is 13.8 Å². The maximum Gasteiger partial charge on any atom is 0.337 e. The van der Waals surface area contributed by atoms with Crippen molar-refractivity contribution in [2.75, 3.05) is 7.11 Å². The lowest BCUT2D eigenvalue weighted by Crippen LogP contribution is -2.41. The summed E-state index contributed by atoms with van der Waals surface area (Å²) in [6, 6.07) is -0.460. The smallest absolute Gasteiger partial charge is 0.337 e. The molecule has 2 aliphatic heterocycles. The zero-order valence-electron chi connectivity index (χ0n) is 13.6. The highest BCUT2D eigenvalue weighted by atomic mass is 16.7. The number of hydrogen-bond donors (Lipinski definition) is 0. The summed E-state index contributed by atoms with van der Waals surface area (Å²) in [5.74, 6) is -0.702. The summed E-state index contributed by atoms with van der Waals surface area (Å²) in [6.45, 7) is 9.68. The van der Waals surface area contributed by atoms with Gasteiger partial charge in [0.1, 0.15) is 11.6 Å². The van der Waals surface area contributed by atoms with E-state index >= 15 is 0 Å². The van der Waals surface area contributed by atoms with Crippen molar-refractivity contribution in [3.8, 4) is 0 Å². The molecule has 6 heteroatoms. The monoisotopic (exact) mass is 299 g/mol. The zero-order valence-corrected chi connectivity index (χ0v) is 13.6. The molecule has 6 nitrogen and oxygen atoms in total. The number of hydroxylamine groups is 2. The van der Waals surface area contributed by atoms with Gasteiger partial charge in [-0.05, 0) is 32.6 Å². The minimum Gasteiger partial charge on any atom is -0.467 e. The van der Waals surface area contributed by atoms with E-state index in [-0.39, 0.29) is 17.4 Å². The molecular formula is C15H25NO5. The molecule has 2 heterocycles. The van der Waals surface area contributed by atoms with Crippen molar-refractivity contribution >= 4 is 11.9 Å². The van der Waals surface area contributed by atoms with E-state index < -0.39 is 23.7 Å². The van der Waals surface area contributed by atoms with Gasteiger partial charge in [0.25, 0.3) is 0 Å². The minimum atomic E-state index is -0.635. The molecule has 2 rings (SSSR count). The molecule has 2 aliphatic rings. The first-order chi connectivity index (χ1) is 9.55. The molecule has 3 unspecified atom stereocenters. The summed E-state index contributed by atoms with van der Waals surface area (Å²) in [5.41, 5.74) is -0.662. The minimum absolute atomic E-state index is 0.0131. The third kappa shape index (κ3) is 3.21. The van der Waals surface area contributed by atoms with Crippen LogP contribution in [-0.4, -0.2) is 47.9 Å². The van der Waals surface area contributed by atoms with Gasteiger partial charge in [-0.1, -0.05) is 13.8 Å². The predicted molar refractivity (Wildman–Crippen MR) is 75.2 cm³/mol. The molecule has 0 N–H and O–H groups in total. The topological polar surface area (TPSA) is 65.1 Å². The van der Waals surface area contributed by atoms with Crippen LogP contribution in [0.2, 0.25) is 0 Å². The Bertz CT molecular complexity index is 440. The van der Waals surface area contributed by atoms with Gasteiger partial charge in [0.15, 0.2) is 6.10 Å². The summed E-state index contributed by atoms with van der Waals surface area (Å²) in [6.07, 6.45) is 0.559. The molecule has 0 bridgehead atoms. The molecule has 0 aliphatic carbocycles. The Hall–Kier alpha value is -1.14. The first kappa shape index (κ1) is 16.2. The molecule has 2 fully saturated rings. The number of nitrogens with zero attached hydrogens (tertiary/aromatic N) is 1. The average molecular weight is 299 g/mol. The molecule has 120 valence electrons. The van der Waals surface area contributed by atoms with E-state index in [1.807, 2.05) is 20.8 Å². The standard InChI is InChI=1S/C15H25NO5/c1-14(2,3)20-12(17)9-8-15(4,5)11-7-10(13(18)19-6)21-16(9)11/h9-11H,7-8H2,1-6H3. The lowest BCUT2D eigenvalue weighted by Gasteiger charge is -2.26. The Morgan fingerprint density at radius 3 is 2.38 bits per heavy atom. The van der Waals surface area contributed by atoms with E-state index in [4.69, 9.17) is 14.3 Å². The van der Waals surface area contributed by atoms with E-state index in [9.17, 15) is 9.59 Å². The predicted octanol–water partition coefficient (Wildman–Crippen LogP) is 1.67. The fourth-order valence-electron chi connectivity index (χ4n) is 3.08. The normalized spacial score (nSPS) is 31.8. The highest BCUT2D eigenvalue weighted by Gasteiger charge is 2.57. The van der Waals surface area contributed by atoms with Gasteiger partial charge in [-0.2, -0.15) is 5.06 Å². The highest BCUT2D eigenvalue weighted by Crippen LogP contribution is 2.47. The third-order valence-corrected chi connectivity index (χ3v) is 4.07. The molecule has 0 saturated carbocycles. The van der Waals surface area contributed by atoms with Gasteiger partial charge < -0.3 is 9.47 Å². The lowest BCUT2D eigenvalue weighted by atomic mass is 9.81. The molecule has 0 radical (unpaired) electrons. The largest absolute Gasteiger partial charge is 0.467 e. The van der Waals surface area contributed by atoms with Crippen molar-refractivity contribution in [3.63, 3.8) is 0 Å². The van der Waals surface area contributed by atoms with Gasteiger partial charge in [0, 0.05) is 12.5 Å². The Morgan fingerprint density at radius 1 is 1.24 bits per heavy atom. The van der Waals surface area contributed by atoms with Gasteiger partial charge in [-0.25, -0.2) is 4.79 Å². The number of fused-ring (bicyclic) bond motifs is 1. The molecule has 2 saturated heterocycles. The number of ether oxygens (including phenoxy) is 2. The quantitative estimate of drug-likeness (QED) is 0.723. The first-order valence-electron chi connectivity index (χ1n) is 7.31. The van der Waals surface area contributed by atoms with Gasteiger partial charge in [0.05, 0.1) is 7.11 Å². The van der Waals surface area contributed by atoms with E-state index in [1.165, 1.54) is 7.11 Å². The third-order valence-electron chi connectivity index (χ3n) is 4.07. The van der Waals surface area contributed by atoms with Crippen LogP contribution in [0.25, 0.3) is 0 Å². The molecule has 21 heavy (non-hydrogen) atoms. The van der Waals surface area contributed by atoms with E-state index in [1.54, 1.807) is 5.06 Å². The van der Waals surface area contributed by atoms with Crippen LogP contribution in [-0.2, 0) is 23.9 Å². The molecule has 0 spiro atoms. The molecule has 3 atom stereocenters. The maximum absolute atomic E-state index is 12.4. The van der Waals surface area contributed by atoms with Crippen molar-refractivity contribution in [1.82, 2.24) is 5.06 Å². The summed E-state index contributed by atoms with van der Waals surface area (Å²) < 4.78 is 10.2. The Morgan fingerprint density at radius 2 is 1.86 bits per heavy atom. The molecule has 0 aromatic carbocycles. The molecule has 0 aromatic rings. The van der Waals surface area contributed by atoms with Crippen molar-refractivity contribution in [2.45, 2.75) is 71.2 Å².